The third-order valence-corrected chi connectivity index (χ3v) is 7.92. The molecular weight excluding hydrogens is 468 g/mol. The van der Waals surface area contributed by atoms with Crippen molar-refractivity contribution in [1.29, 1.82) is 0 Å². The molecule has 0 unspecified atom stereocenters. The monoisotopic (exact) mass is 494 g/mol. The molecule has 0 radical (unpaired) electrons. The number of fused-ring (bicyclic) bond motifs is 1. The van der Waals surface area contributed by atoms with Crippen LogP contribution in [0.5, 0.6) is 0 Å². The number of ketones is 1. The quantitative estimate of drug-likeness (QED) is 0.345. The van der Waals surface area contributed by atoms with Gasteiger partial charge in [-0.15, -0.1) is 10.2 Å². The number of sulfonamides is 1. The number of aromatic nitrogens is 3. The minimum Gasteiger partial charge on any atom is -0.419 e. The van der Waals surface area contributed by atoms with Gasteiger partial charge in [-0.25, -0.2) is 8.42 Å². The lowest BCUT2D eigenvalue weighted by atomic mass is 10.1. The smallest absolute Gasteiger partial charge is 0.264 e. The Kier molecular flexibility index (Phi) is 6.50. The fourth-order valence-electron chi connectivity index (χ4n) is 4.23. The van der Waals surface area contributed by atoms with Gasteiger partial charge in [0.2, 0.25) is 15.9 Å². The van der Waals surface area contributed by atoms with E-state index >= 15 is 0 Å². The van der Waals surface area contributed by atoms with Crippen molar-refractivity contribution in [3.63, 3.8) is 0 Å². The van der Waals surface area contributed by atoms with Crippen LogP contribution >= 0.6 is 0 Å². The first-order valence-electron chi connectivity index (χ1n) is 11.6. The highest BCUT2D eigenvalue weighted by molar-refractivity contribution is 7.89. The summed E-state index contributed by atoms with van der Waals surface area (Å²) >= 11 is 0. The molecule has 0 atom stereocenters. The molecule has 182 valence electrons. The van der Waals surface area contributed by atoms with Crippen LogP contribution in [0, 0.1) is 0 Å². The van der Waals surface area contributed by atoms with Crippen molar-refractivity contribution in [1.82, 2.24) is 19.1 Å². The molecule has 0 spiro atoms. The minimum absolute atomic E-state index is 0.00457. The molecule has 5 rings (SSSR count). The molecule has 0 saturated carbocycles. The minimum atomic E-state index is -3.71. The molecule has 3 heterocycles. The number of hydrogen-bond donors (Lipinski definition) is 0. The standard InChI is InChI=1S/C25H26N4O5S/c1-2-6-24-26-27-25(34-24)22-16-18-7-3-4-10-21(18)29(22)17-23(30)19-8-5-9-20(15-19)35(31,32)28-11-13-33-14-12-28/h3-5,7-10,15-16H,2,6,11-14,17H2,1H3. The summed E-state index contributed by atoms with van der Waals surface area (Å²) in [6, 6.07) is 15.8. The molecule has 10 heteroatoms. The number of hydrogen-bond acceptors (Lipinski definition) is 7. The Labute approximate surface area is 203 Å². The summed E-state index contributed by atoms with van der Waals surface area (Å²) in [7, 11) is -3.71. The summed E-state index contributed by atoms with van der Waals surface area (Å²) in [6.45, 7) is 3.34. The largest absolute Gasteiger partial charge is 0.419 e. The predicted molar refractivity (Wildman–Crippen MR) is 130 cm³/mol. The van der Waals surface area contributed by atoms with Gasteiger partial charge >= 0.3 is 0 Å². The van der Waals surface area contributed by atoms with Crippen LogP contribution in [0.3, 0.4) is 0 Å². The molecule has 0 N–H and O–H groups in total. The number of carbonyl (C=O) groups is 1. The van der Waals surface area contributed by atoms with E-state index in [1.165, 1.54) is 16.4 Å². The van der Waals surface area contributed by atoms with Crippen LogP contribution in [0.2, 0.25) is 0 Å². The lowest BCUT2D eigenvalue weighted by molar-refractivity contribution is 0.0730. The molecule has 0 amide bonds. The summed E-state index contributed by atoms with van der Waals surface area (Å²) in [5, 5.41) is 9.25. The van der Waals surface area contributed by atoms with Crippen molar-refractivity contribution in [3.8, 4) is 11.6 Å². The van der Waals surface area contributed by atoms with Gasteiger partial charge in [0.05, 0.1) is 24.7 Å². The van der Waals surface area contributed by atoms with Crippen molar-refractivity contribution < 1.29 is 22.4 Å². The molecule has 1 saturated heterocycles. The Morgan fingerprint density at radius 3 is 2.63 bits per heavy atom. The zero-order valence-electron chi connectivity index (χ0n) is 19.4. The van der Waals surface area contributed by atoms with Crippen LogP contribution in [0.4, 0.5) is 0 Å². The van der Waals surface area contributed by atoms with Gasteiger partial charge in [-0.3, -0.25) is 4.79 Å². The second-order valence-corrected chi connectivity index (χ2v) is 10.3. The van der Waals surface area contributed by atoms with Crippen molar-refractivity contribution in [3.05, 3.63) is 66.1 Å². The fourth-order valence-corrected chi connectivity index (χ4v) is 5.69. The summed E-state index contributed by atoms with van der Waals surface area (Å²) in [5.41, 5.74) is 1.81. The van der Waals surface area contributed by atoms with E-state index < -0.39 is 10.0 Å². The number of ether oxygens (including phenoxy) is 1. The first-order valence-corrected chi connectivity index (χ1v) is 13.0. The molecule has 1 fully saturated rings. The normalized spacial score (nSPS) is 15.0. The summed E-state index contributed by atoms with van der Waals surface area (Å²) in [6.07, 6.45) is 1.56. The van der Waals surface area contributed by atoms with Crippen molar-refractivity contribution >= 4 is 26.7 Å². The van der Waals surface area contributed by atoms with E-state index in [-0.39, 0.29) is 17.2 Å². The first kappa shape index (κ1) is 23.4. The number of rotatable bonds is 8. The van der Waals surface area contributed by atoms with E-state index in [0.29, 0.717) is 55.8 Å². The maximum Gasteiger partial charge on any atom is 0.264 e. The van der Waals surface area contributed by atoms with E-state index in [0.717, 1.165) is 17.3 Å². The number of morpholine rings is 1. The zero-order chi connectivity index (χ0) is 24.4. The zero-order valence-corrected chi connectivity index (χ0v) is 20.2. The SMILES string of the molecule is CCCc1nnc(-c2cc3ccccc3n2CC(=O)c2cccc(S(=O)(=O)N3CCOCC3)c2)o1. The number of Topliss-reactive ketones (excluding diaryl/α,β-unsaturated/α-hetero) is 1. The molecule has 1 aliphatic heterocycles. The molecule has 2 aromatic heterocycles. The van der Waals surface area contributed by atoms with Crippen molar-refractivity contribution in [2.75, 3.05) is 26.3 Å². The molecule has 4 aromatic rings. The van der Waals surface area contributed by atoms with Crippen LogP contribution < -0.4 is 0 Å². The van der Waals surface area contributed by atoms with Gasteiger partial charge in [0.15, 0.2) is 5.78 Å². The van der Waals surface area contributed by atoms with Gasteiger partial charge in [-0.2, -0.15) is 4.31 Å². The fraction of sp³-hybridized carbons (Fsp3) is 0.320. The van der Waals surface area contributed by atoms with Crippen LogP contribution in [0.1, 0.15) is 29.6 Å². The van der Waals surface area contributed by atoms with Crippen molar-refractivity contribution in [2.45, 2.75) is 31.2 Å². The number of para-hydroxylation sites is 1. The summed E-state index contributed by atoms with van der Waals surface area (Å²) in [5.74, 6) is 0.674. The Morgan fingerprint density at radius 1 is 1.03 bits per heavy atom. The van der Waals surface area contributed by atoms with Crippen LogP contribution in [0.15, 0.2) is 63.9 Å². The van der Waals surface area contributed by atoms with E-state index in [9.17, 15) is 13.2 Å². The predicted octanol–water partition coefficient (Wildman–Crippen LogP) is 3.55. The Morgan fingerprint density at radius 2 is 1.83 bits per heavy atom. The molecular formula is C25H26N4O5S. The highest BCUT2D eigenvalue weighted by Gasteiger charge is 2.27. The topological polar surface area (TPSA) is 108 Å². The Hall–Kier alpha value is -3.34. The van der Waals surface area contributed by atoms with Gasteiger partial charge in [0.25, 0.3) is 5.89 Å². The molecule has 1 aliphatic rings. The maximum atomic E-state index is 13.4. The van der Waals surface area contributed by atoms with E-state index in [1.807, 2.05) is 41.8 Å². The van der Waals surface area contributed by atoms with Gasteiger partial charge < -0.3 is 13.7 Å². The summed E-state index contributed by atoms with van der Waals surface area (Å²) < 4.78 is 40.5. The number of benzene rings is 2. The Balaban J connectivity index is 1.48. The van der Waals surface area contributed by atoms with Gasteiger partial charge in [0, 0.05) is 36.0 Å². The first-order chi connectivity index (χ1) is 17.0. The molecule has 9 nitrogen and oxygen atoms in total. The number of aryl methyl sites for hydroxylation is 1. The number of nitrogens with zero attached hydrogens (tertiary/aromatic N) is 4. The second kappa shape index (κ2) is 9.73. The van der Waals surface area contributed by atoms with Crippen LogP contribution in [-0.4, -0.2) is 59.6 Å². The van der Waals surface area contributed by atoms with Gasteiger partial charge in [0.1, 0.15) is 5.69 Å². The average molecular weight is 495 g/mol. The second-order valence-electron chi connectivity index (χ2n) is 8.39. The Bertz CT molecular complexity index is 1470. The lowest BCUT2D eigenvalue weighted by Crippen LogP contribution is -2.40. The highest BCUT2D eigenvalue weighted by atomic mass is 32.2. The van der Waals surface area contributed by atoms with Crippen LogP contribution in [0.25, 0.3) is 22.5 Å². The number of carbonyl (C=O) groups excluding carboxylic acids is 1. The van der Waals surface area contributed by atoms with Crippen LogP contribution in [-0.2, 0) is 27.7 Å². The molecule has 0 bridgehead atoms. The van der Waals surface area contributed by atoms with E-state index in [4.69, 9.17) is 9.15 Å². The van der Waals surface area contributed by atoms with E-state index in [2.05, 4.69) is 10.2 Å². The highest BCUT2D eigenvalue weighted by Crippen LogP contribution is 2.28. The molecule has 2 aromatic carbocycles. The molecule has 0 aliphatic carbocycles. The average Bonchev–Trinajstić information content (AvgIpc) is 3.49. The lowest BCUT2D eigenvalue weighted by Gasteiger charge is -2.26. The van der Waals surface area contributed by atoms with Gasteiger partial charge in [-0.1, -0.05) is 37.3 Å². The third kappa shape index (κ3) is 4.64. The van der Waals surface area contributed by atoms with Gasteiger partial charge in [-0.05, 0) is 30.7 Å². The van der Waals surface area contributed by atoms with Crippen molar-refractivity contribution in [2.24, 2.45) is 0 Å². The third-order valence-electron chi connectivity index (χ3n) is 6.03. The van der Waals surface area contributed by atoms with E-state index in [1.54, 1.807) is 12.1 Å². The maximum absolute atomic E-state index is 13.4. The summed E-state index contributed by atoms with van der Waals surface area (Å²) in [4.78, 5) is 13.5. The molecule has 35 heavy (non-hydrogen) atoms.